The molecule has 0 aliphatic heterocycles. The topological polar surface area (TPSA) is 137 Å². The van der Waals surface area contributed by atoms with Crippen molar-refractivity contribution >= 4 is 22.1 Å². The van der Waals surface area contributed by atoms with Crippen LogP contribution in [0.2, 0.25) is 0 Å². The van der Waals surface area contributed by atoms with Gasteiger partial charge in [-0.1, -0.05) is 160 Å². The fourth-order valence-electron chi connectivity index (χ4n) is 8.91. The van der Waals surface area contributed by atoms with Crippen molar-refractivity contribution in [2.75, 3.05) is 78.5 Å². The van der Waals surface area contributed by atoms with Crippen molar-refractivity contribution in [2.24, 2.45) is 0 Å². The number of rotatable bonds is 39. The number of hydrogen-bond acceptors (Lipinski definition) is 7. The van der Waals surface area contributed by atoms with E-state index in [0.29, 0.717) is 18.2 Å². The van der Waals surface area contributed by atoms with Gasteiger partial charge in [-0.3, -0.25) is 0 Å². The van der Waals surface area contributed by atoms with Crippen molar-refractivity contribution in [1.29, 1.82) is 0 Å². The quantitative estimate of drug-likeness (QED) is 0.0473. The summed E-state index contributed by atoms with van der Waals surface area (Å²) in [4.78, 5) is 19.9. The second-order valence-corrected chi connectivity index (χ2v) is 21.1. The molecule has 0 unspecified atom stereocenters. The number of aromatic carboxylic acids is 2. The summed E-state index contributed by atoms with van der Waals surface area (Å²) in [5.74, 6) is -3.60. The molecule has 0 spiro atoms. The first-order valence-corrected chi connectivity index (χ1v) is 29.4. The molecule has 0 N–H and O–H groups in total. The van der Waals surface area contributed by atoms with Crippen molar-refractivity contribution in [1.82, 2.24) is 0 Å². The summed E-state index contributed by atoms with van der Waals surface area (Å²) < 4.78 is 36.1. The molecule has 0 heterocycles. The van der Waals surface area contributed by atoms with Crippen LogP contribution in [0.15, 0.2) is 23.1 Å². The maximum absolute atomic E-state index is 10.6. The molecule has 0 amide bonds. The SMILES string of the molecule is CCCC[N+](CCCC)(CCCC)CCCC.CCCC[N+](CCCC)(CCCC)CCCC.CCCC[N+](CCCC)(CCCC)CCCC.O=C([O-])c1cc(C(=O)[O-])cc(S(=O)(=O)[O-])c1. The number of benzene rings is 1. The lowest BCUT2D eigenvalue weighted by molar-refractivity contribution is -0.929. The average Bonchev–Trinajstić information content (AvgIpc) is 3.32. The number of unbranched alkanes of at least 4 members (excludes halogenated alkanes) is 12. The first kappa shape index (κ1) is 69.2. The van der Waals surface area contributed by atoms with E-state index >= 15 is 0 Å². The molecule has 0 radical (unpaired) electrons. The summed E-state index contributed by atoms with van der Waals surface area (Å²) in [6, 6.07) is 1.67. The zero-order valence-corrected chi connectivity index (χ0v) is 47.1. The van der Waals surface area contributed by atoms with E-state index in [1.165, 1.54) is 246 Å². The van der Waals surface area contributed by atoms with Crippen molar-refractivity contribution in [2.45, 2.75) is 242 Å². The van der Waals surface area contributed by atoms with Gasteiger partial charge in [0.05, 0.1) is 95.4 Å². The van der Waals surface area contributed by atoms with Crippen molar-refractivity contribution in [3.63, 3.8) is 0 Å². The fourth-order valence-corrected chi connectivity index (χ4v) is 9.46. The van der Waals surface area contributed by atoms with Gasteiger partial charge < -0.3 is 37.8 Å². The second-order valence-electron chi connectivity index (χ2n) is 19.7. The van der Waals surface area contributed by atoms with Crippen molar-refractivity contribution in [3.8, 4) is 0 Å². The summed E-state index contributed by atoms with van der Waals surface area (Å²) in [6.07, 6.45) is 33.2. The molecule has 1 aromatic carbocycles. The molecule has 0 saturated heterocycles. The number of quaternary nitrogens is 3. The van der Waals surface area contributed by atoms with Gasteiger partial charge in [-0.25, -0.2) is 8.42 Å². The number of carbonyl (C=O) groups is 2. The van der Waals surface area contributed by atoms with Gasteiger partial charge in [0, 0.05) is 0 Å². The van der Waals surface area contributed by atoms with E-state index in [1.54, 1.807) is 0 Å². The first-order valence-electron chi connectivity index (χ1n) is 28.0. The maximum Gasteiger partial charge on any atom is 0.124 e. The molecule has 0 atom stereocenters. The molecule has 0 aliphatic carbocycles. The predicted octanol–water partition coefficient (Wildman–Crippen LogP) is 12.3. The largest absolute Gasteiger partial charge is 0.744 e. The summed E-state index contributed by atoms with van der Waals surface area (Å²) in [7, 11) is -4.95. The Morgan fingerprint density at radius 2 is 0.493 bits per heavy atom. The highest BCUT2D eigenvalue weighted by molar-refractivity contribution is 7.85. The normalized spacial score (nSPS) is 11.8. The molecule has 0 aromatic heterocycles. The van der Waals surface area contributed by atoms with E-state index in [1.807, 2.05) is 0 Å². The lowest BCUT2D eigenvalue weighted by Crippen LogP contribution is -2.50. The molecule has 0 aliphatic rings. The third kappa shape index (κ3) is 34.8. The molecular formula is C56H111N3O7S. The van der Waals surface area contributed by atoms with Crippen molar-refractivity contribution < 1.29 is 46.2 Å². The van der Waals surface area contributed by atoms with E-state index in [0.717, 1.165) is 0 Å². The first-order chi connectivity index (χ1) is 31.9. The van der Waals surface area contributed by atoms with Crippen molar-refractivity contribution in [3.05, 3.63) is 29.3 Å². The molecule has 398 valence electrons. The Hall–Kier alpha value is -2.05. The third-order valence-corrected chi connectivity index (χ3v) is 14.3. The van der Waals surface area contributed by atoms with E-state index < -0.39 is 38.1 Å². The Labute approximate surface area is 416 Å². The van der Waals surface area contributed by atoms with Gasteiger partial charge in [-0.2, -0.15) is 0 Å². The van der Waals surface area contributed by atoms with Gasteiger partial charge in [-0.15, -0.1) is 0 Å². The number of carboxylic acid groups (broad SMARTS) is 2. The summed E-state index contributed by atoms with van der Waals surface area (Å²) in [5, 5.41) is 20.9. The molecule has 10 nitrogen and oxygen atoms in total. The number of carbonyl (C=O) groups excluding carboxylic acids is 2. The third-order valence-electron chi connectivity index (χ3n) is 13.5. The van der Waals surface area contributed by atoms with Crippen LogP contribution in [-0.4, -0.2) is 117 Å². The van der Waals surface area contributed by atoms with Crippen LogP contribution in [0, 0.1) is 0 Å². The van der Waals surface area contributed by atoms with Gasteiger partial charge >= 0.3 is 0 Å². The van der Waals surface area contributed by atoms with Crippen LogP contribution in [-0.2, 0) is 10.1 Å². The van der Waals surface area contributed by atoms with Gasteiger partial charge in [0.1, 0.15) is 10.1 Å². The molecule has 11 heteroatoms. The number of hydrogen-bond donors (Lipinski definition) is 0. The Bertz CT molecular complexity index is 1190. The maximum atomic E-state index is 10.6. The summed E-state index contributed by atoms with van der Waals surface area (Å²) >= 11 is 0. The predicted molar refractivity (Wildman–Crippen MR) is 281 cm³/mol. The minimum atomic E-state index is -4.95. The Morgan fingerprint density at radius 1 is 0.343 bits per heavy atom. The smallest absolute Gasteiger partial charge is 0.124 e. The Kier molecular flexibility index (Phi) is 45.4. The average molecular weight is 971 g/mol. The van der Waals surface area contributed by atoms with E-state index in [9.17, 15) is 32.8 Å². The molecule has 1 rings (SSSR count). The van der Waals surface area contributed by atoms with Crippen LogP contribution < -0.4 is 10.2 Å². The minimum Gasteiger partial charge on any atom is -0.744 e. The second kappa shape index (κ2) is 43.9. The monoisotopic (exact) mass is 970 g/mol. The standard InChI is InChI=1S/3C16H36N.C8H6O7S/c3*1-5-9-13-17(14-10-6-2,15-11-7-3)16-12-8-4;9-7(10)4-1-5(8(11)12)3-6(2-4)16(13,14)15/h3*5-16H2,1-4H3;1-3H,(H,9,10)(H,11,12)(H,13,14,15)/q3*+1;/p-3. The summed E-state index contributed by atoms with van der Waals surface area (Å²) in [5.41, 5.74) is -1.45. The van der Waals surface area contributed by atoms with Gasteiger partial charge in [0.25, 0.3) is 0 Å². The molecule has 67 heavy (non-hydrogen) atoms. The van der Waals surface area contributed by atoms with Gasteiger partial charge in [0.2, 0.25) is 0 Å². The van der Waals surface area contributed by atoms with E-state index in [2.05, 4.69) is 83.1 Å². The lowest BCUT2D eigenvalue weighted by Gasteiger charge is -2.39. The molecular weight excluding hydrogens is 859 g/mol. The van der Waals surface area contributed by atoms with Crippen LogP contribution in [0.4, 0.5) is 0 Å². The Morgan fingerprint density at radius 3 is 0.597 bits per heavy atom. The molecule has 0 saturated carbocycles. The van der Waals surface area contributed by atoms with Crippen LogP contribution in [0.3, 0.4) is 0 Å². The molecule has 0 fully saturated rings. The highest BCUT2D eigenvalue weighted by Crippen LogP contribution is 2.20. The van der Waals surface area contributed by atoms with Crippen LogP contribution in [0.25, 0.3) is 0 Å². The van der Waals surface area contributed by atoms with E-state index in [-0.39, 0.29) is 0 Å². The number of nitrogens with zero attached hydrogens (tertiary/aromatic N) is 3. The number of carboxylic acids is 2. The van der Waals surface area contributed by atoms with Gasteiger partial charge in [-0.05, 0) is 106 Å². The van der Waals surface area contributed by atoms with Gasteiger partial charge in [0.15, 0.2) is 0 Å². The lowest BCUT2D eigenvalue weighted by atomic mass is 10.1. The zero-order chi connectivity index (χ0) is 51.5. The molecule has 0 bridgehead atoms. The highest BCUT2D eigenvalue weighted by atomic mass is 32.2. The Balaban J connectivity index is -0.000000815. The summed E-state index contributed by atoms with van der Waals surface area (Å²) in [6.45, 7) is 45.1. The van der Waals surface area contributed by atoms with Crippen LogP contribution in [0.1, 0.15) is 258 Å². The minimum absolute atomic E-state index is 0.518. The van der Waals surface area contributed by atoms with Crippen LogP contribution >= 0.6 is 0 Å². The molecule has 1 aromatic rings. The van der Waals surface area contributed by atoms with E-state index in [4.69, 9.17) is 0 Å². The highest BCUT2D eigenvalue weighted by Gasteiger charge is 2.27. The fraction of sp³-hybridized carbons (Fsp3) is 0.857. The van der Waals surface area contributed by atoms with Crippen LogP contribution in [0.5, 0.6) is 0 Å². The zero-order valence-electron chi connectivity index (χ0n) is 46.3.